The molecule has 0 radical (unpaired) electrons. The van der Waals surface area contributed by atoms with Crippen LogP contribution in [0.5, 0.6) is 11.5 Å². The first-order chi connectivity index (χ1) is 28.3. The zero-order chi connectivity index (χ0) is 44.1. The minimum Gasteiger partial charge on any atom is -0.458 e. The highest BCUT2D eigenvalue weighted by atomic mass is 35.5. The van der Waals surface area contributed by atoms with Gasteiger partial charge in [-0.05, 0) is 130 Å². The number of halogens is 2. The standard InChI is InChI=1S/C47H53Cl2N3O8S/c1-11-25-22-44(5,6)50-18-12-14-27-37(50)29(25)20-31-39(27)58-40-28-15-13-19-51-38(28)30(26(23-45(51,7)8)24-61(55,56)57)21-32(40)47(31)36-34(49)17-16-33(48)35(36)41(53)52(47)60-46(9,10)42(54)59-43(2,3)4/h16-17,20-23H,11-15,18-19,24H2,1-10H3,(H,55,56,57). The topological polar surface area (TPSA) is 126 Å². The summed E-state index contributed by atoms with van der Waals surface area (Å²) in [4.78, 5) is 41.2. The van der Waals surface area contributed by atoms with Crippen molar-refractivity contribution in [2.24, 2.45) is 0 Å². The average molecular weight is 891 g/mol. The first-order valence-electron chi connectivity index (χ1n) is 21.1. The number of anilines is 2. The van der Waals surface area contributed by atoms with Gasteiger partial charge >= 0.3 is 5.97 Å². The molecule has 1 unspecified atom stereocenters. The molecule has 1 amide bonds. The Bertz CT molecular complexity index is 2680. The highest BCUT2D eigenvalue weighted by Crippen LogP contribution is 2.66. The number of benzene rings is 3. The molecule has 6 aliphatic heterocycles. The Balaban J connectivity index is 1.46. The van der Waals surface area contributed by atoms with E-state index in [2.05, 4.69) is 42.7 Å². The lowest BCUT2D eigenvalue weighted by atomic mass is 9.69. The largest absolute Gasteiger partial charge is 0.458 e. The number of esters is 1. The molecule has 1 N–H and O–H groups in total. The lowest BCUT2D eigenvalue weighted by Gasteiger charge is -2.52. The molecular formula is C47H53Cl2N3O8S. The van der Waals surface area contributed by atoms with E-state index in [1.165, 1.54) is 5.06 Å². The van der Waals surface area contributed by atoms with Crippen LogP contribution < -0.4 is 14.5 Å². The van der Waals surface area contributed by atoms with Crippen molar-refractivity contribution in [1.29, 1.82) is 0 Å². The van der Waals surface area contributed by atoms with Crippen LogP contribution in [0.25, 0.3) is 11.1 Å². The van der Waals surface area contributed by atoms with E-state index in [0.29, 0.717) is 58.7 Å². The number of hydrogen-bond donors (Lipinski definition) is 1. The molecule has 0 fully saturated rings. The van der Waals surface area contributed by atoms with Crippen LogP contribution in [0.15, 0.2) is 36.4 Å². The van der Waals surface area contributed by atoms with Gasteiger partial charge in [0.2, 0.25) is 0 Å². The Morgan fingerprint density at radius 1 is 0.852 bits per heavy atom. The lowest BCUT2D eigenvalue weighted by molar-refractivity contribution is -0.245. The first-order valence-corrected chi connectivity index (χ1v) is 23.5. The number of nitrogens with zero attached hydrogens (tertiary/aromatic N) is 3. The quantitative estimate of drug-likeness (QED) is 0.189. The minimum atomic E-state index is -4.51. The highest BCUT2D eigenvalue weighted by Gasteiger charge is 2.63. The van der Waals surface area contributed by atoms with Gasteiger partial charge in [-0.25, -0.2) is 4.79 Å². The van der Waals surface area contributed by atoms with E-state index in [1.54, 1.807) is 46.8 Å². The summed E-state index contributed by atoms with van der Waals surface area (Å²) in [6.45, 7) is 20.6. The summed E-state index contributed by atoms with van der Waals surface area (Å²) in [6.07, 6.45) is 7.79. The fourth-order valence-corrected chi connectivity index (χ4v) is 11.9. The van der Waals surface area contributed by atoms with Crippen LogP contribution in [-0.4, -0.2) is 71.0 Å². The fraction of sp³-hybridized carbons (Fsp3) is 0.489. The van der Waals surface area contributed by atoms with E-state index in [9.17, 15) is 17.8 Å². The van der Waals surface area contributed by atoms with Crippen LogP contribution >= 0.6 is 23.2 Å². The van der Waals surface area contributed by atoms with Crippen LogP contribution in [0.2, 0.25) is 10.0 Å². The van der Waals surface area contributed by atoms with Crippen LogP contribution in [0, 0.1) is 0 Å². The molecule has 1 atom stereocenters. The van der Waals surface area contributed by atoms with E-state index in [4.69, 9.17) is 37.5 Å². The van der Waals surface area contributed by atoms with Crippen molar-refractivity contribution in [3.05, 3.63) is 91.0 Å². The van der Waals surface area contributed by atoms with Gasteiger partial charge in [-0.2, -0.15) is 13.5 Å². The maximum absolute atomic E-state index is 15.5. The van der Waals surface area contributed by atoms with Crippen LogP contribution in [0.4, 0.5) is 11.4 Å². The van der Waals surface area contributed by atoms with Crippen molar-refractivity contribution in [1.82, 2.24) is 5.06 Å². The van der Waals surface area contributed by atoms with Gasteiger partial charge in [0.1, 0.15) is 22.9 Å². The number of carbonyl (C=O) groups is 2. The molecule has 6 aliphatic rings. The smallest absolute Gasteiger partial charge is 0.341 e. The van der Waals surface area contributed by atoms with E-state index in [1.807, 2.05) is 26.0 Å². The van der Waals surface area contributed by atoms with Gasteiger partial charge in [0, 0.05) is 57.1 Å². The molecule has 324 valence electrons. The molecule has 3 aromatic rings. The Morgan fingerprint density at radius 3 is 1.87 bits per heavy atom. The molecule has 0 saturated heterocycles. The first kappa shape index (κ1) is 42.2. The zero-order valence-electron chi connectivity index (χ0n) is 36.4. The average Bonchev–Trinajstić information content (AvgIpc) is 3.40. The second-order valence-electron chi connectivity index (χ2n) is 19.8. The number of hydroxylamine groups is 2. The Morgan fingerprint density at radius 2 is 1.36 bits per heavy atom. The van der Waals surface area contributed by atoms with Gasteiger partial charge in [0.05, 0.1) is 33.0 Å². The third-order valence-electron chi connectivity index (χ3n) is 13.1. The van der Waals surface area contributed by atoms with E-state index in [0.717, 1.165) is 59.4 Å². The second kappa shape index (κ2) is 13.5. The molecular weight excluding hydrogens is 838 g/mol. The van der Waals surface area contributed by atoms with E-state index in [-0.39, 0.29) is 21.1 Å². The Kier molecular flexibility index (Phi) is 9.33. The summed E-state index contributed by atoms with van der Waals surface area (Å²) in [5, 5.41) is 1.62. The predicted octanol–water partition coefficient (Wildman–Crippen LogP) is 10.1. The number of carbonyl (C=O) groups excluding carboxylic acids is 2. The van der Waals surface area contributed by atoms with Gasteiger partial charge in [-0.3, -0.25) is 14.2 Å². The lowest BCUT2D eigenvalue weighted by Crippen LogP contribution is -2.54. The van der Waals surface area contributed by atoms with Gasteiger partial charge in [-0.1, -0.05) is 42.3 Å². The molecule has 0 aromatic heterocycles. The maximum atomic E-state index is 15.5. The third-order valence-corrected chi connectivity index (χ3v) is 14.4. The Hall–Kier alpha value is -4.07. The van der Waals surface area contributed by atoms with Crippen LogP contribution in [0.1, 0.15) is 138 Å². The van der Waals surface area contributed by atoms with Gasteiger partial charge in [0.15, 0.2) is 11.1 Å². The van der Waals surface area contributed by atoms with Crippen LogP contribution in [0.3, 0.4) is 0 Å². The van der Waals surface area contributed by atoms with Crippen molar-refractivity contribution >= 4 is 67.7 Å². The number of ether oxygens (including phenoxy) is 2. The summed E-state index contributed by atoms with van der Waals surface area (Å²) >= 11 is 14.5. The SMILES string of the molecule is CCC1=CC(C)(C)N2CCCc3c4c(cc1c32)C1(c2cc3c5c(c2O4)CCCN5C(C)(C)C=C3CS(=O)(=O)O)c2c(Cl)ccc(Cl)c2C(=O)N1OC(C)(C)C(=O)OC(C)(C)C. The number of allylic oxidation sites excluding steroid dienone is 1. The summed E-state index contributed by atoms with van der Waals surface area (Å²) < 4.78 is 49.3. The van der Waals surface area contributed by atoms with Gasteiger partial charge in [0.25, 0.3) is 16.0 Å². The molecule has 9 rings (SSSR count). The summed E-state index contributed by atoms with van der Waals surface area (Å²) in [7, 11) is -4.51. The Labute approximate surface area is 368 Å². The molecule has 3 aromatic carbocycles. The molecule has 0 saturated carbocycles. The number of amides is 1. The summed E-state index contributed by atoms with van der Waals surface area (Å²) in [6, 6.07) is 7.20. The third kappa shape index (κ3) is 6.20. The second-order valence-corrected chi connectivity index (χ2v) is 22.1. The van der Waals surface area contributed by atoms with Crippen molar-refractivity contribution in [2.45, 2.75) is 129 Å². The zero-order valence-corrected chi connectivity index (χ0v) is 38.8. The number of rotatable bonds is 6. The highest BCUT2D eigenvalue weighted by molar-refractivity contribution is 7.86. The number of fused-ring (bicyclic) bond motifs is 8. The molecule has 61 heavy (non-hydrogen) atoms. The summed E-state index contributed by atoms with van der Waals surface area (Å²) in [5.74, 6) is -0.894. The maximum Gasteiger partial charge on any atom is 0.341 e. The normalized spacial score (nSPS) is 21.8. The van der Waals surface area contributed by atoms with Gasteiger partial charge < -0.3 is 19.3 Å². The fourth-order valence-electron chi connectivity index (χ4n) is 10.7. The van der Waals surface area contributed by atoms with Crippen molar-refractivity contribution < 1.29 is 36.9 Å². The number of hydrogen-bond acceptors (Lipinski definition) is 9. The van der Waals surface area contributed by atoms with Crippen LogP contribution in [-0.2, 0) is 42.9 Å². The van der Waals surface area contributed by atoms with E-state index >= 15 is 4.79 Å². The minimum absolute atomic E-state index is 0.108. The molecule has 1 spiro atoms. The molecule has 0 bridgehead atoms. The molecule has 0 aliphatic carbocycles. The predicted molar refractivity (Wildman–Crippen MR) is 239 cm³/mol. The monoisotopic (exact) mass is 889 g/mol. The molecule has 11 nitrogen and oxygen atoms in total. The van der Waals surface area contributed by atoms with Gasteiger partial charge in [-0.15, -0.1) is 0 Å². The molecule has 6 heterocycles. The molecule has 14 heteroatoms. The van der Waals surface area contributed by atoms with Crippen molar-refractivity contribution in [3.63, 3.8) is 0 Å². The van der Waals surface area contributed by atoms with Crippen molar-refractivity contribution in [2.75, 3.05) is 28.6 Å². The van der Waals surface area contributed by atoms with E-state index < -0.39 is 50.0 Å². The van der Waals surface area contributed by atoms with Crippen molar-refractivity contribution in [3.8, 4) is 11.5 Å². The summed E-state index contributed by atoms with van der Waals surface area (Å²) in [5.41, 5.74) is 3.02.